The van der Waals surface area contributed by atoms with Crippen LogP contribution < -0.4 is 25.4 Å². The molecule has 0 spiro atoms. The minimum absolute atomic E-state index is 0.0557. The molecular formula is C45H54ClF2N6O8PS. The minimum atomic E-state index is -4.69. The molecule has 3 aliphatic rings. The molecule has 2 unspecified atom stereocenters. The number of carbonyl (C=O) groups is 3. The Morgan fingerprint density at radius 1 is 1.11 bits per heavy atom. The highest BCUT2D eigenvalue weighted by molar-refractivity contribution is 7.59. The van der Waals surface area contributed by atoms with Gasteiger partial charge in [0.1, 0.15) is 58.4 Å². The van der Waals surface area contributed by atoms with Gasteiger partial charge in [-0.15, -0.1) is 17.9 Å². The van der Waals surface area contributed by atoms with Gasteiger partial charge in [0, 0.05) is 46.8 Å². The summed E-state index contributed by atoms with van der Waals surface area (Å²) in [4.78, 5) is 65.5. The van der Waals surface area contributed by atoms with E-state index in [2.05, 4.69) is 22.5 Å². The van der Waals surface area contributed by atoms with Crippen LogP contribution in [0.15, 0.2) is 54.4 Å². The molecule has 0 bridgehead atoms. The molecule has 2 aromatic heterocycles. The second kappa shape index (κ2) is 18.6. The molecule has 6 atom stereocenters. The first-order chi connectivity index (χ1) is 30.2. The number of thiazole rings is 1. The van der Waals surface area contributed by atoms with E-state index in [1.54, 1.807) is 52.1 Å². The number of halogens is 3. The quantitative estimate of drug-likeness (QED) is 0.0507. The normalized spacial score (nSPS) is 22.5. The van der Waals surface area contributed by atoms with Crippen molar-refractivity contribution in [3.05, 3.63) is 76.7 Å². The first-order valence-electron chi connectivity index (χ1n) is 21.3. The number of nitrogens with one attached hydrogen (secondary N) is 3. The van der Waals surface area contributed by atoms with E-state index in [0.29, 0.717) is 51.8 Å². The predicted octanol–water partition coefficient (Wildman–Crippen LogP) is 9.04. The van der Waals surface area contributed by atoms with Crippen molar-refractivity contribution in [2.45, 2.75) is 115 Å². The topological polar surface area (TPSA) is 181 Å². The molecule has 14 nitrogen and oxygen atoms in total. The number of hydrogen-bond acceptors (Lipinski definition) is 11. The van der Waals surface area contributed by atoms with Crippen molar-refractivity contribution in [2.75, 3.05) is 19.0 Å². The number of rotatable bonds is 15. The van der Waals surface area contributed by atoms with E-state index in [1.165, 1.54) is 22.3 Å². The number of pyridine rings is 1. The Labute approximate surface area is 379 Å². The fourth-order valence-corrected chi connectivity index (χ4v) is 11.9. The monoisotopic (exact) mass is 942 g/mol. The van der Waals surface area contributed by atoms with Gasteiger partial charge in [-0.25, -0.2) is 23.5 Å². The SMILES string of the molecule is C=C[C@@H]1C[C@]1(NC(=O)[C@@H]1C[C@@H](Oc2cc(-c3csc(NC(C)C)n3)nc3cc(OC)ccc23)CN1C(=O)C(NC(=O)OC1CCCC1)C(C)(C)C)P(=O)(O)Cc1c(F)ccc(Cl)c1F. The molecule has 2 aliphatic carbocycles. The molecular weight excluding hydrogens is 889 g/mol. The van der Waals surface area contributed by atoms with Gasteiger partial charge in [-0.1, -0.05) is 38.4 Å². The number of ether oxygens (including phenoxy) is 3. The Balaban J connectivity index is 1.23. The van der Waals surface area contributed by atoms with Crippen LogP contribution in [0.2, 0.25) is 5.02 Å². The third-order valence-electron chi connectivity index (χ3n) is 12.0. The molecule has 344 valence electrons. The number of aromatic nitrogens is 2. The molecule has 2 aromatic carbocycles. The van der Waals surface area contributed by atoms with Crippen LogP contribution in [-0.2, 0) is 25.1 Å². The number of amides is 3. The van der Waals surface area contributed by atoms with E-state index in [0.717, 1.165) is 25.0 Å². The van der Waals surface area contributed by atoms with Gasteiger partial charge in [0.25, 0.3) is 0 Å². The zero-order valence-corrected chi connectivity index (χ0v) is 39.0. The Morgan fingerprint density at radius 3 is 2.50 bits per heavy atom. The Hall–Kier alpha value is -4.83. The van der Waals surface area contributed by atoms with Crippen LogP contribution in [0.5, 0.6) is 11.5 Å². The van der Waals surface area contributed by atoms with Gasteiger partial charge in [0.15, 0.2) is 5.13 Å². The van der Waals surface area contributed by atoms with E-state index in [4.69, 9.17) is 35.8 Å². The molecule has 3 amide bonds. The van der Waals surface area contributed by atoms with Gasteiger partial charge < -0.3 is 40.0 Å². The van der Waals surface area contributed by atoms with Crippen molar-refractivity contribution in [1.29, 1.82) is 0 Å². The average molecular weight is 943 g/mol. The Kier molecular flexibility index (Phi) is 13.7. The molecule has 0 radical (unpaired) electrons. The van der Waals surface area contributed by atoms with E-state index in [9.17, 15) is 28.2 Å². The smallest absolute Gasteiger partial charge is 0.408 e. The van der Waals surface area contributed by atoms with Crippen molar-refractivity contribution < 1.29 is 46.8 Å². The maximum absolute atomic E-state index is 15.1. The second-order valence-electron chi connectivity index (χ2n) is 18.1. The third-order valence-corrected chi connectivity index (χ3v) is 15.7. The number of alkyl carbamates (subject to hydrolysis) is 1. The highest BCUT2D eigenvalue weighted by atomic mass is 35.5. The lowest BCUT2D eigenvalue weighted by molar-refractivity contribution is -0.142. The van der Waals surface area contributed by atoms with Gasteiger partial charge in [0.2, 0.25) is 19.2 Å². The molecule has 1 aliphatic heterocycles. The van der Waals surface area contributed by atoms with Crippen LogP contribution in [0.25, 0.3) is 22.3 Å². The summed E-state index contributed by atoms with van der Waals surface area (Å²) < 4.78 is 62.3. The van der Waals surface area contributed by atoms with Crippen LogP contribution in [0.3, 0.4) is 0 Å². The summed E-state index contributed by atoms with van der Waals surface area (Å²) >= 11 is 7.35. The zero-order chi connectivity index (χ0) is 46.3. The Bertz CT molecular complexity index is 2500. The third kappa shape index (κ3) is 9.87. The number of hydrogen-bond donors (Lipinski definition) is 4. The molecule has 7 rings (SSSR count). The van der Waals surface area contributed by atoms with Gasteiger partial charge >= 0.3 is 6.09 Å². The predicted molar refractivity (Wildman–Crippen MR) is 242 cm³/mol. The maximum atomic E-state index is 15.1. The van der Waals surface area contributed by atoms with Crippen LogP contribution >= 0.6 is 30.3 Å². The average Bonchev–Trinajstić information content (AvgIpc) is 3.63. The number of carbonyl (C=O) groups excluding carboxylic acids is 3. The van der Waals surface area contributed by atoms with Crippen molar-refractivity contribution in [3.8, 4) is 22.9 Å². The molecule has 1 saturated heterocycles. The number of fused-ring (bicyclic) bond motifs is 1. The maximum Gasteiger partial charge on any atom is 0.408 e. The lowest BCUT2D eigenvalue weighted by atomic mass is 9.85. The zero-order valence-electron chi connectivity index (χ0n) is 36.6. The van der Waals surface area contributed by atoms with E-state index in [1.807, 2.05) is 19.2 Å². The summed E-state index contributed by atoms with van der Waals surface area (Å²) in [6.45, 7) is 13.0. The standard InChI is InChI=1S/C45H54ClF2N6O8PS/c1-8-25-20-45(25,63(58,59)22-30-32(47)16-15-31(46)38(30)48)53-40(55)36-18-28(21-54(36)41(56)39(44(4,5)6)52-43(57)62-26-11-9-10-12-26)61-37-19-34(35-23-64-42(51-35)49-24(2)3)50-33-17-27(60-7)13-14-29(33)37/h8,13-17,19,23-26,28,36,39H,1,9-12,18,20-22H2,2-7H3,(H,49,51)(H,52,57)(H,53,55)(H,58,59)/t25-,28-,36+,39?,45+/m1/s1. The number of methoxy groups -OCH3 is 1. The number of benzene rings is 2. The number of nitrogens with zero attached hydrogens (tertiary/aromatic N) is 3. The van der Waals surface area contributed by atoms with Crippen LogP contribution in [0.4, 0.5) is 18.7 Å². The summed E-state index contributed by atoms with van der Waals surface area (Å²) in [5, 5.41) is 9.71. The molecule has 3 heterocycles. The van der Waals surface area contributed by atoms with Gasteiger partial charge in [-0.3, -0.25) is 14.2 Å². The summed E-state index contributed by atoms with van der Waals surface area (Å²) in [6, 6.07) is 6.63. The lowest BCUT2D eigenvalue weighted by Crippen LogP contribution is -2.58. The molecule has 4 aromatic rings. The van der Waals surface area contributed by atoms with Crippen molar-refractivity contribution in [2.24, 2.45) is 11.3 Å². The Morgan fingerprint density at radius 2 is 1.84 bits per heavy atom. The van der Waals surface area contributed by atoms with Gasteiger partial charge in [-0.2, -0.15) is 0 Å². The highest BCUT2D eigenvalue weighted by Gasteiger charge is 2.66. The van der Waals surface area contributed by atoms with Gasteiger partial charge in [-0.05, 0) is 75.6 Å². The largest absolute Gasteiger partial charge is 0.497 e. The molecule has 19 heteroatoms. The number of anilines is 1. The summed E-state index contributed by atoms with van der Waals surface area (Å²) in [7, 11) is -3.15. The van der Waals surface area contributed by atoms with Crippen LogP contribution in [0.1, 0.15) is 78.7 Å². The second-order valence-corrected chi connectivity index (χ2v) is 21.9. The first kappa shape index (κ1) is 47.1. The molecule has 2 saturated carbocycles. The van der Waals surface area contributed by atoms with Crippen molar-refractivity contribution >= 4 is 64.2 Å². The fourth-order valence-electron chi connectivity index (χ4n) is 8.47. The number of likely N-dealkylation sites (tertiary alicyclic amines) is 1. The first-order valence-corrected chi connectivity index (χ1v) is 24.4. The molecule has 64 heavy (non-hydrogen) atoms. The highest BCUT2D eigenvalue weighted by Crippen LogP contribution is 2.71. The fraction of sp³-hybridized carbons (Fsp3) is 0.489. The molecule has 3 fully saturated rings. The summed E-state index contributed by atoms with van der Waals surface area (Å²) in [6.07, 6.45) is 1.68. The summed E-state index contributed by atoms with van der Waals surface area (Å²) in [5.41, 5.74) is 0.0511. The van der Waals surface area contributed by atoms with Crippen LogP contribution in [0, 0.1) is 23.0 Å². The lowest BCUT2D eigenvalue weighted by Gasteiger charge is -2.36. The van der Waals surface area contributed by atoms with Crippen LogP contribution in [-0.4, -0.2) is 86.9 Å². The van der Waals surface area contributed by atoms with E-state index >= 15 is 4.39 Å². The minimum Gasteiger partial charge on any atom is -0.497 e. The molecule has 4 N–H and O–H groups in total. The van der Waals surface area contributed by atoms with E-state index < -0.39 is 88.5 Å². The van der Waals surface area contributed by atoms with Crippen molar-refractivity contribution in [1.82, 2.24) is 25.5 Å². The van der Waals surface area contributed by atoms with Crippen molar-refractivity contribution in [3.63, 3.8) is 0 Å². The summed E-state index contributed by atoms with van der Waals surface area (Å²) in [5.74, 6) is -3.47. The van der Waals surface area contributed by atoms with E-state index in [-0.39, 0.29) is 31.5 Å². The van der Waals surface area contributed by atoms with Gasteiger partial charge in [0.05, 0.1) is 36.0 Å².